The summed E-state index contributed by atoms with van der Waals surface area (Å²) in [4.78, 5) is 10.4. The van der Waals surface area contributed by atoms with E-state index < -0.39 is 16.0 Å². The lowest BCUT2D eigenvalue weighted by molar-refractivity contribution is -0.131. The van der Waals surface area contributed by atoms with Crippen molar-refractivity contribution in [1.29, 1.82) is 0 Å². The number of hydrogen-bond donors (Lipinski definition) is 2. The second kappa shape index (κ2) is 6.70. The van der Waals surface area contributed by atoms with E-state index in [1.165, 1.54) is 24.3 Å². The molecule has 0 heterocycles. The van der Waals surface area contributed by atoms with Crippen LogP contribution in [0.4, 0.5) is 0 Å². The van der Waals surface area contributed by atoms with Gasteiger partial charge >= 0.3 is 5.97 Å². The van der Waals surface area contributed by atoms with Gasteiger partial charge in [0.05, 0.1) is 5.02 Å². The molecule has 5 nitrogen and oxygen atoms in total. The standard InChI is InChI=1S/C12H14ClNO4S/c1-2-7-14-19(17,18)11-5-3-9(8-10(11)13)4-6-12(15)16/h3-6,8,14H,2,7H2,1H3,(H,15,16)/b6-4+. The molecule has 1 rings (SSSR count). The Balaban J connectivity index is 3.04. The largest absolute Gasteiger partial charge is 0.478 e. The van der Waals surface area contributed by atoms with Crippen LogP contribution in [0.2, 0.25) is 5.02 Å². The first-order valence-corrected chi connectivity index (χ1v) is 7.43. The van der Waals surface area contributed by atoms with Gasteiger partial charge in [-0.3, -0.25) is 0 Å². The lowest BCUT2D eigenvalue weighted by Gasteiger charge is -2.07. The van der Waals surface area contributed by atoms with Crippen LogP contribution in [0, 0.1) is 0 Å². The molecular weight excluding hydrogens is 290 g/mol. The number of sulfonamides is 1. The van der Waals surface area contributed by atoms with Gasteiger partial charge in [-0.05, 0) is 30.2 Å². The van der Waals surface area contributed by atoms with Crippen molar-refractivity contribution < 1.29 is 18.3 Å². The Morgan fingerprint density at radius 1 is 1.47 bits per heavy atom. The molecule has 0 amide bonds. The van der Waals surface area contributed by atoms with E-state index in [1.54, 1.807) is 0 Å². The molecule has 7 heteroatoms. The molecule has 0 aromatic heterocycles. The van der Waals surface area contributed by atoms with Crippen LogP contribution >= 0.6 is 11.6 Å². The summed E-state index contributed by atoms with van der Waals surface area (Å²) >= 11 is 5.91. The maximum absolute atomic E-state index is 11.9. The first-order chi connectivity index (χ1) is 8.86. The zero-order valence-electron chi connectivity index (χ0n) is 10.3. The summed E-state index contributed by atoms with van der Waals surface area (Å²) in [6, 6.07) is 4.25. The third-order valence-corrected chi connectivity index (χ3v) is 4.15. The van der Waals surface area contributed by atoms with Crippen molar-refractivity contribution >= 4 is 33.7 Å². The highest BCUT2D eigenvalue weighted by Gasteiger charge is 2.16. The van der Waals surface area contributed by atoms with Gasteiger partial charge in [-0.1, -0.05) is 24.6 Å². The molecule has 0 spiro atoms. The van der Waals surface area contributed by atoms with Crippen molar-refractivity contribution in [3.8, 4) is 0 Å². The molecule has 0 unspecified atom stereocenters. The van der Waals surface area contributed by atoms with Crippen LogP contribution in [-0.2, 0) is 14.8 Å². The van der Waals surface area contributed by atoms with Crippen LogP contribution < -0.4 is 4.72 Å². The number of nitrogens with one attached hydrogen (secondary N) is 1. The van der Waals surface area contributed by atoms with Gasteiger partial charge in [-0.25, -0.2) is 17.9 Å². The number of benzene rings is 1. The summed E-state index contributed by atoms with van der Waals surface area (Å²) in [5, 5.41) is 8.55. The van der Waals surface area contributed by atoms with E-state index in [9.17, 15) is 13.2 Å². The minimum absolute atomic E-state index is 0.0184. The SMILES string of the molecule is CCCNS(=O)(=O)c1ccc(/C=C/C(=O)O)cc1Cl. The molecular formula is C12H14ClNO4S. The minimum atomic E-state index is -3.62. The van der Waals surface area contributed by atoms with Crippen molar-refractivity contribution in [2.24, 2.45) is 0 Å². The van der Waals surface area contributed by atoms with Crippen LogP contribution in [-0.4, -0.2) is 26.0 Å². The monoisotopic (exact) mass is 303 g/mol. The van der Waals surface area contributed by atoms with Gasteiger partial charge in [0, 0.05) is 12.6 Å². The minimum Gasteiger partial charge on any atom is -0.478 e. The maximum Gasteiger partial charge on any atom is 0.328 e. The topological polar surface area (TPSA) is 83.5 Å². The zero-order chi connectivity index (χ0) is 14.5. The summed E-state index contributed by atoms with van der Waals surface area (Å²) in [6.07, 6.45) is 2.97. The molecule has 1 aromatic rings. The fraction of sp³-hybridized carbons (Fsp3) is 0.250. The molecule has 0 aliphatic carbocycles. The van der Waals surface area contributed by atoms with E-state index in [2.05, 4.69) is 4.72 Å². The van der Waals surface area contributed by atoms with E-state index in [1.807, 2.05) is 6.92 Å². The average Bonchev–Trinajstić information content (AvgIpc) is 2.33. The Morgan fingerprint density at radius 2 is 2.16 bits per heavy atom. The zero-order valence-corrected chi connectivity index (χ0v) is 11.8. The molecule has 19 heavy (non-hydrogen) atoms. The van der Waals surface area contributed by atoms with Crippen LogP contribution in [0.1, 0.15) is 18.9 Å². The van der Waals surface area contributed by atoms with Crippen LogP contribution in [0.5, 0.6) is 0 Å². The van der Waals surface area contributed by atoms with E-state index in [4.69, 9.17) is 16.7 Å². The fourth-order valence-corrected chi connectivity index (χ4v) is 3.01. The van der Waals surface area contributed by atoms with Crippen LogP contribution in [0.15, 0.2) is 29.2 Å². The van der Waals surface area contributed by atoms with Gasteiger partial charge < -0.3 is 5.11 Å². The highest BCUT2D eigenvalue weighted by atomic mass is 35.5. The van der Waals surface area contributed by atoms with E-state index in [-0.39, 0.29) is 9.92 Å². The van der Waals surface area contributed by atoms with Crippen molar-refractivity contribution in [3.05, 3.63) is 34.9 Å². The summed E-state index contributed by atoms with van der Waals surface area (Å²) in [7, 11) is -3.62. The lowest BCUT2D eigenvalue weighted by Crippen LogP contribution is -2.24. The van der Waals surface area contributed by atoms with Crippen molar-refractivity contribution in [1.82, 2.24) is 4.72 Å². The predicted octanol–water partition coefficient (Wildman–Crippen LogP) is 2.13. The van der Waals surface area contributed by atoms with Crippen LogP contribution in [0.25, 0.3) is 6.08 Å². The quantitative estimate of drug-likeness (QED) is 0.789. The Kier molecular flexibility index (Phi) is 5.53. The molecule has 0 saturated heterocycles. The molecule has 0 radical (unpaired) electrons. The number of rotatable bonds is 6. The van der Waals surface area contributed by atoms with Gasteiger partial charge in [0.2, 0.25) is 10.0 Å². The smallest absolute Gasteiger partial charge is 0.328 e. The third-order valence-electron chi connectivity index (χ3n) is 2.21. The highest BCUT2D eigenvalue weighted by Crippen LogP contribution is 2.23. The predicted molar refractivity (Wildman–Crippen MR) is 73.6 cm³/mol. The summed E-state index contributed by atoms with van der Waals surface area (Å²) < 4.78 is 26.2. The first kappa shape index (κ1) is 15.7. The lowest BCUT2D eigenvalue weighted by atomic mass is 10.2. The van der Waals surface area contributed by atoms with E-state index in [0.29, 0.717) is 18.5 Å². The summed E-state index contributed by atoms with van der Waals surface area (Å²) in [6.45, 7) is 2.18. The van der Waals surface area contributed by atoms with Gasteiger partial charge in [-0.15, -0.1) is 0 Å². The second-order valence-corrected chi connectivity index (χ2v) is 5.90. The van der Waals surface area contributed by atoms with Crippen molar-refractivity contribution in [3.63, 3.8) is 0 Å². The number of hydrogen-bond acceptors (Lipinski definition) is 3. The molecule has 0 atom stereocenters. The Hall–Kier alpha value is -1.37. The summed E-state index contributed by atoms with van der Waals surface area (Å²) in [5.41, 5.74) is 0.516. The van der Waals surface area contributed by atoms with Gasteiger partial charge in [0.1, 0.15) is 4.90 Å². The first-order valence-electron chi connectivity index (χ1n) is 5.57. The highest BCUT2D eigenvalue weighted by molar-refractivity contribution is 7.89. The van der Waals surface area contributed by atoms with Crippen molar-refractivity contribution in [2.75, 3.05) is 6.54 Å². The number of halogens is 1. The third kappa shape index (κ3) is 4.66. The summed E-state index contributed by atoms with van der Waals surface area (Å²) in [5.74, 6) is -1.09. The van der Waals surface area contributed by atoms with Crippen molar-refractivity contribution in [2.45, 2.75) is 18.2 Å². The molecule has 0 aliphatic rings. The molecule has 0 bridgehead atoms. The van der Waals surface area contributed by atoms with E-state index >= 15 is 0 Å². The Bertz CT molecular complexity index is 596. The molecule has 0 saturated carbocycles. The maximum atomic E-state index is 11.9. The second-order valence-electron chi connectivity index (χ2n) is 3.76. The molecule has 1 aromatic carbocycles. The molecule has 0 fully saturated rings. The normalized spacial score (nSPS) is 11.9. The molecule has 104 valence electrons. The molecule has 0 aliphatic heterocycles. The van der Waals surface area contributed by atoms with Crippen LogP contribution in [0.3, 0.4) is 0 Å². The number of aliphatic carboxylic acids is 1. The number of carboxylic acids is 1. The van der Waals surface area contributed by atoms with Gasteiger partial charge in [0.15, 0.2) is 0 Å². The Labute approximate surface area is 117 Å². The number of carboxylic acid groups (broad SMARTS) is 1. The Morgan fingerprint density at radius 3 is 2.68 bits per heavy atom. The molecule has 2 N–H and O–H groups in total. The average molecular weight is 304 g/mol. The number of carbonyl (C=O) groups is 1. The fourth-order valence-electron chi connectivity index (χ4n) is 1.32. The van der Waals surface area contributed by atoms with E-state index in [0.717, 1.165) is 6.08 Å². The van der Waals surface area contributed by atoms with Gasteiger partial charge in [0.25, 0.3) is 0 Å². The van der Waals surface area contributed by atoms with Gasteiger partial charge in [-0.2, -0.15) is 0 Å².